The number of nitrogens with zero attached hydrogens (tertiary/aromatic N) is 4. The SMILES string of the molecule is COCCCn1cnnc1S[C@@H](C)C(=O)Nc1ccc(Cl)cn1. The summed E-state index contributed by atoms with van der Waals surface area (Å²) in [6.07, 6.45) is 4.00. The topological polar surface area (TPSA) is 81.9 Å². The summed E-state index contributed by atoms with van der Waals surface area (Å²) >= 11 is 7.12. The molecule has 0 aromatic carbocycles. The van der Waals surface area contributed by atoms with Gasteiger partial charge in [-0.3, -0.25) is 4.79 Å². The van der Waals surface area contributed by atoms with Crippen LogP contribution in [0.5, 0.6) is 0 Å². The van der Waals surface area contributed by atoms with E-state index >= 15 is 0 Å². The molecule has 0 unspecified atom stereocenters. The maximum absolute atomic E-state index is 12.2. The zero-order valence-electron chi connectivity index (χ0n) is 12.9. The number of halogens is 1. The molecule has 1 atom stereocenters. The number of anilines is 1. The summed E-state index contributed by atoms with van der Waals surface area (Å²) < 4.78 is 6.94. The molecule has 23 heavy (non-hydrogen) atoms. The number of aryl methyl sites for hydroxylation is 1. The molecule has 2 aromatic rings. The molecule has 0 radical (unpaired) electrons. The number of thioether (sulfide) groups is 1. The van der Waals surface area contributed by atoms with Gasteiger partial charge in [0.05, 0.1) is 10.3 Å². The number of aromatic nitrogens is 4. The van der Waals surface area contributed by atoms with Gasteiger partial charge in [0.2, 0.25) is 5.91 Å². The van der Waals surface area contributed by atoms with E-state index in [1.807, 2.05) is 11.5 Å². The summed E-state index contributed by atoms with van der Waals surface area (Å²) in [5.74, 6) is 0.310. The van der Waals surface area contributed by atoms with E-state index in [0.29, 0.717) is 22.6 Å². The van der Waals surface area contributed by atoms with Crippen LogP contribution in [-0.4, -0.2) is 44.6 Å². The Labute approximate surface area is 143 Å². The van der Waals surface area contributed by atoms with Gasteiger partial charge in [-0.1, -0.05) is 23.4 Å². The third-order valence-corrected chi connectivity index (χ3v) is 4.28. The van der Waals surface area contributed by atoms with Crippen LogP contribution in [0.3, 0.4) is 0 Å². The normalized spacial score (nSPS) is 12.1. The lowest BCUT2D eigenvalue weighted by molar-refractivity contribution is -0.115. The first-order chi connectivity index (χ1) is 11.1. The summed E-state index contributed by atoms with van der Waals surface area (Å²) in [5.41, 5.74) is 0. The Bertz CT molecular complexity index is 634. The molecule has 0 saturated heterocycles. The van der Waals surface area contributed by atoms with Crippen molar-refractivity contribution in [3.8, 4) is 0 Å². The maximum Gasteiger partial charge on any atom is 0.238 e. The van der Waals surface area contributed by atoms with Gasteiger partial charge >= 0.3 is 0 Å². The van der Waals surface area contributed by atoms with Gasteiger partial charge in [-0.15, -0.1) is 10.2 Å². The number of carbonyl (C=O) groups excluding carboxylic acids is 1. The predicted octanol–water partition coefficient (Wildman–Crippen LogP) is 2.48. The molecule has 2 heterocycles. The first kappa shape index (κ1) is 17.7. The number of carbonyl (C=O) groups is 1. The maximum atomic E-state index is 12.2. The van der Waals surface area contributed by atoms with Crippen molar-refractivity contribution < 1.29 is 9.53 Å². The second kappa shape index (κ2) is 8.85. The van der Waals surface area contributed by atoms with E-state index in [9.17, 15) is 4.79 Å². The van der Waals surface area contributed by atoms with Crippen LogP contribution in [0.4, 0.5) is 5.82 Å². The largest absolute Gasteiger partial charge is 0.385 e. The summed E-state index contributed by atoms with van der Waals surface area (Å²) in [4.78, 5) is 16.3. The summed E-state index contributed by atoms with van der Waals surface area (Å²) in [5, 5.41) is 11.6. The molecule has 2 rings (SSSR count). The van der Waals surface area contributed by atoms with Gasteiger partial charge in [0.15, 0.2) is 5.16 Å². The molecule has 0 saturated carbocycles. The first-order valence-electron chi connectivity index (χ1n) is 7.06. The van der Waals surface area contributed by atoms with Crippen LogP contribution in [0, 0.1) is 0 Å². The Hall–Kier alpha value is -1.64. The number of hydrogen-bond acceptors (Lipinski definition) is 6. The highest BCUT2D eigenvalue weighted by Gasteiger charge is 2.18. The van der Waals surface area contributed by atoms with Gasteiger partial charge in [0.25, 0.3) is 0 Å². The Balaban J connectivity index is 1.90. The molecule has 0 spiro atoms. The molecular formula is C14H18ClN5O2S. The first-order valence-corrected chi connectivity index (χ1v) is 8.31. The van der Waals surface area contributed by atoms with Crippen molar-refractivity contribution in [2.45, 2.75) is 30.3 Å². The average molecular weight is 356 g/mol. The molecule has 0 aliphatic heterocycles. The van der Waals surface area contributed by atoms with Crippen molar-refractivity contribution in [3.63, 3.8) is 0 Å². The highest BCUT2D eigenvalue weighted by Crippen LogP contribution is 2.22. The minimum Gasteiger partial charge on any atom is -0.385 e. The summed E-state index contributed by atoms with van der Waals surface area (Å²) in [6, 6.07) is 3.33. The number of amides is 1. The van der Waals surface area contributed by atoms with Crippen LogP contribution in [0.25, 0.3) is 0 Å². The van der Waals surface area contributed by atoms with Crippen LogP contribution in [0.1, 0.15) is 13.3 Å². The molecule has 9 heteroatoms. The van der Waals surface area contributed by atoms with Crippen molar-refractivity contribution >= 4 is 35.1 Å². The average Bonchev–Trinajstić information content (AvgIpc) is 2.97. The smallest absolute Gasteiger partial charge is 0.238 e. The van der Waals surface area contributed by atoms with E-state index in [1.165, 1.54) is 18.0 Å². The lowest BCUT2D eigenvalue weighted by atomic mass is 10.4. The fraction of sp³-hybridized carbons (Fsp3) is 0.429. The van der Waals surface area contributed by atoms with Crippen molar-refractivity contribution in [2.24, 2.45) is 0 Å². The number of methoxy groups -OCH3 is 1. The zero-order chi connectivity index (χ0) is 16.7. The Morgan fingerprint density at radius 3 is 3.04 bits per heavy atom. The fourth-order valence-electron chi connectivity index (χ4n) is 1.76. The summed E-state index contributed by atoms with van der Waals surface area (Å²) in [6.45, 7) is 3.22. The molecule has 0 bridgehead atoms. The highest BCUT2D eigenvalue weighted by molar-refractivity contribution is 8.00. The van der Waals surface area contributed by atoms with E-state index in [0.717, 1.165) is 13.0 Å². The highest BCUT2D eigenvalue weighted by atomic mass is 35.5. The van der Waals surface area contributed by atoms with Crippen LogP contribution in [0.15, 0.2) is 29.8 Å². The molecule has 124 valence electrons. The number of hydrogen-bond donors (Lipinski definition) is 1. The molecule has 0 aliphatic carbocycles. The van der Waals surface area contributed by atoms with Crippen LogP contribution in [0.2, 0.25) is 5.02 Å². The molecule has 0 fully saturated rings. The predicted molar refractivity (Wildman–Crippen MR) is 89.7 cm³/mol. The van der Waals surface area contributed by atoms with Gasteiger partial charge in [-0.25, -0.2) is 4.98 Å². The van der Waals surface area contributed by atoms with Crippen molar-refractivity contribution in [1.29, 1.82) is 0 Å². The second-order valence-electron chi connectivity index (χ2n) is 4.76. The van der Waals surface area contributed by atoms with Gasteiger partial charge in [0, 0.05) is 26.5 Å². The van der Waals surface area contributed by atoms with E-state index in [-0.39, 0.29) is 11.2 Å². The Morgan fingerprint density at radius 2 is 2.35 bits per heavy atom. The lowest BCUT2D eigenvalue weighted by Crippen LogP contribution is -2.23. The minimum atomic E-state index is -0.335. The monoisotopic (exact) mass is 355 g/mol. The quantitative estimate of drug-likeness (QED) is 0.578. The number of rotatable bonds is 8. The van der Waals surface area contributed by atoms with Crippen molar-refractivity contribution in [1.82, 2.24) is 19.7 Å². The van der Waals surface area contributed by atoms with Crippen molar-refractivity contribution in [3.05, 3.63) is 29.7 Å². The molecule has 0 aliphatic rings. The van der Waals surface area contributed by atoms with Gasteiger partial charge in [0.1, 0.15) is 12.1 Å². The molecule has 1 amide bonds. The lowest BCUT2D eigenvalue weighted by Gasteiger charge is -2.12. The fourth-order valence-corrected chi connectivity index (χ4v) is 2.72. The third kappa shape index (κ3) is 5.49. The second-order valence-corrected chi connectivity index (χ2v) is 6.51. The van der Waals surface area contributed by atoms with Crippen LogP contribution >= 0.6 is 23.4 Å². The minimum absolute atomic E-state index is 0.156. The van der Waals surface area contributed by atoms with Gasteiger partial charge < -0.3 is 14.6 Å². The number of ether oxygens (including phenoxy) is 1. The van der Waals surface area contributed by atoms with E-state index in [1.54, 1.807) is 25.6 Å². The van der Waals surface area contributed by atoms with E-state index in [4.69, 9.17) is 16.3 Å². The molecule has 1 N–H and O–H groups in total. The van der Waals surface area contributed by atoms with Gasteiger partial charge in [-0.2, -0.15) is 0 Å². The standard InChI is InChI=1S/C14H18ClN5O2S/c1-10(13(21)18-12-5-4-11(15)8-16-12)23-14-19-17-9-20(14)6-3-7-22-2/h4-5,8-10H,3,6-7H2,1-2H3,(H,16,18,21)/t10-/m0/s1. The van der Waals surface area contributed by atoms with Crippen molar-refractivity contribution in [2.75, 3.05) is 19.0 Å². The molecular weight excluding hydrogens is 338 g/mol. The number of pyridine rings is 1. The van der Waals surface area contributed by atoms with E-state index in [2.05, 4.69) is 20.5 Å². The molecule has 2 aromatic heterocycles. The van der Waals surface area contributed by atoms with Crippen LogP contribution < -0.4 is 5.32 Å². The van der Waals surface area contributed by atoms with Crippen LogP contribution in [-0.2, 0) is 16.1 Å². The Morgan fingerprint density at radius 1 is 1.52 bits per heavy atom. The zero-order valence-corrected chi connectivity index (χ0v) is 14.5. The third-order valence-electron chi connectivity index (χ3n) is 2.96. The number of nitrogens with one attached hydrogen (secondary N) is 1. The van der Waals surface area contributed by atoms with Gasteiger partial charge in [-0.05, 0) is 25.5 Å². The summed E-state index contributed by atoms with van der Waals surface area (Å²) in [7, 11) is 1.67. The molecule has 7 nitrogen and oxygen atoms in total. The van der Waals surface area contributed by atoms with E-state index < -0.39 is 0 Å². The Kier molecular flexibility index (Phi) is 6.82.